The van der Waals surface area contributed by atoms with Gasteiger partial charge in [0.05, 0.1) is 6.54 Å². The number of aliphatic imine (C=N–C) groups is 1. The molecule has 0 aliphatic carbocycles. The van der Waals surface area contributed by atoms with Crippen molar-refractivity contribution in [2.24, 2.45) is 22.2 Å². The van der Waals surface area contributed by atoms with Crippen LogP contribution >= 0.6 is 0 Å². The summed E-state index contributed by atoms with van der Waals surface area (Å²) in [7, 11) is 0. The molecule has 0 aliphatic heterocycles. The van der Waals surface area contributed by atoms with Crippen molar-refractivity contribution >= 4 is 11.9 Å². The van der Waals surface area contributed by atoms with Crippen molar-refractivity contribution in [3.63, 3.8) is 0 Å². The van der Waals surface area contributed by atoms with Crippen LogP contribution in [0.5, 0.6) is 0 Å². The fourth-order valence-corrected chi connectivity index (χ4v) is 1.16. The van der Waals surface area contributed by atoms with Crippen LogP contribution in [-0.4, -0.2) is 11.9 Å². The molecule has 10 N–H and O–H groups in total. The summed E-state index contributed by atoms with van der Waals surface area (Å²) in [6.07, 6.45) is 0. The Morgan fingerprint density at radius 1 is 1.12 bits per heavy atom. The standard InChI is InChI=1S/C10H16N6/c11-9(12)15-5-7-1-2-8(4-3-7)6-16-10(13)14/h1-4H,5-6H2,(H4,11,12,15)(H4,13,14,16)/p+2. The lowest BCUT2D eigenvalue weighted by atomic mass is 10.1. The lowest BCUT2D eigenvalue weighted by Crippen LogP contribution is -2.87. The molecule has 0 aliphatic rings. The average molecular weight is 222 g/mol. The van der Waals surface area contributed by atoms with Crippen LogP contribution in [0.2, 0.25) is 0 Å². The second-order valence-corrected chi connectivity index (χ2v) is 3.44. The van der Waals surface area contributed by atoms with Crippen LogP contribution in [0.3, 0.4) is 0 Å². The molecular weight excluding hydrogens is 204 g/mol. The van der Waals surface area contributed by atoms with Crippen molar-refractivity contribution in [1.29, 1.82) is 0 Å². The number of hydrogen-bond donors (Lipinski definition) is 5. The number of nitrogens with zero attached hydrogens (tertiary/aromatic N) is 1. The normalized spacial score (nSPS) is 11.2. The predicted molar refractivity (Wildman–Crippen MR) is 62.7 cm³/mol. The first-order valence-electron chi connectivity index (χ1n) is 4.89. The molecule has 0 saturated heterocycles. The van der Waals surface area contributed by atoms with E-state index in [4.69, 9.17) is 17.2 Å². The number of benzene rings is 1. The topological polar surface area (TPSA) is 132 Å². The molecule has 0 atom stereocenters. The Morgan fingerprint density at radius 2 is 1.69 bits per heavy atom. The Morgan fingerprint density at radius 3 is 2.19 bits per heavy atom. The number of quaternary nitrogens is 1. The zero-order chi connectivity index (χ0) is 12.0. The van der Waals surface area contributed by atoms with E-state index in [0.29, 0.717) is 19.0 Å². The zero-order valence-electron chi connectivity index (χ0n) is 9.11. The van der Waals surface area contributed by atoms with Gasteiger partial charge in [-0.2, -0.15) is 0 Å². The quantitative estimate of drug-likeness (QED) is 0.268. The van der Waals surface area contributed by atoms with Gasteiger partial charge in [-0.25, -0.2) is 15.7 Å². The molecule has 1 rings (SSSR count). The number of nitrogens with two attached hydrogens (primary N) is 3. The summed E-state index contributed by atoms with van der Waals surface area (Å²) in [5, 5.41) is 0. The van der Waals surface area contributed by atoms with Crippen LogP contribution < -0.4 is 27.9 Å². The monoisotopic (exact) mass is 222 g/mol. The number of rotatable bonds is 4. The van der Waals surface area contributed by atoms with Gasteiger partial charge in [0, 0.05) is 0 Å². The first-order chi connectivity index (χ1) is 7.58. The minimum atomic E-state index is 0.102. The zero-order valence-corrected chi connectivity index (χ0v) is 9.11. The molecule has 0 amide bonds. The number of hydrogen-bond acceptors (Lipinski definition) is 1. The number of guanidine groups is 2. The minimum Gasteiger partial charge on any atom is -0.370 e. The second kappa shape index (κ2) is 5.72. The third-order valence-corrected chi connectivity index (χ3v) is 1.99. The van der Waals surface area contributed by atoms with E-state index >= 15 is 0 Å². The van der Waals surface area contributed by atoms with Crippen LogP contribution in [0.1, 0.15) is 11.1 Å². The molecule has 6 heteroatoms. The van der Waals surface area contributed by atoms with Crippen LogP contribution in [-0.2, 0) is 13.1 Å². The van der Waals surface area contributed by atoms with E-state index in [1.807, 2.05) is 24.3 Å². The molecular formula is C10H18N6+2. The number of nitrogens with one attached hydrogen (secondary N) is 1. The Balaban J connectivity index is 2.61. The highest BCUT2D eigenvalue weighted by molar-refractivity contribution is 5.75. The van der Waals surface area contributed by atoms with Gasteiger partial charge in [0.15, 0.2) is 5.96 Å². The van der Waals surface area contributed by atoms with E-state index in [2.05, 4.69) is 15.7 Å². The molecule has 0 aromatic heterocycles. The van der Waals surface area contributed by atoms with E-state index in [-0.39, 0.29) is 5.96 Å². The summed E-state index contributed by atoms with van der Waals surface area (Å²) in [5.74, 6) is 0.565. The molecule has 86 valence electrons. The van der Waals surface area contributed by atoms with Crippen molar-refractivity contribution in [2.45, 2.75) is 13.1 Å². The molecule has 0 heterocycles. The van der Waals surface area contributed by atoms with Crippen LogP contribution in [0, 0.1) is 0 Å². The fraction of sp³-hybridized carbons (Fsp3) is 0.200. The van der Waals surface area contributed by atoms with Gasteiger partial charge in [-0.15, -0.1) is 0 Å². The van der Waals surface area contributed by atoms with E-state index in [1.165, 1.54) is 0 Å². The summed E-state index contributed by atoms with van der Waals surface area (Å²) < 4.78 is 0. The van der Waals surface area contributed by atoms with E-state index in [0.717, 1.165) is 11.1 Å². The van der Waals surface area contributed by atoms with Crippen molar-refractivity contribution in [3.8, 4) is 0 Å². The lowest BCUT2D eigenvalue weighted by molar-refractivity contribution is -0.519. The highest BCUT2D eigenvalue weighted by Crippen LogP contribution is 2.04. The summed E-state index contributed by atoms with van der Waals surface area (Å²) in [5.41, 5.74) is 21.6. The Labute approximate surface area is 94.0 Å². The Bertz CT molecular complexity index is 345. The van der Waals surface area contributed by atoms with Gasteiger partial charge in [0.2, 0.25) is 0 Å². The van der Waals surface area contributed by atoms with Crippen molar-refractivity contribution in [1.82, 2.24) is 0 Å². The third-order valence-electron chi connectivity index (χ3n) is 1.99. The maximum Gasteiger partial charge on any atom is 0.434 e. The van der Waals surface area contributed by atoms with Crippen LogP contribution in [0.4, 0.5) is 0 Å². The maximum atomic E-state index is 5.40. The third kappa shape index (κ3) is 4.43. The highest BCUT2D eigenvalue weighted by Gasteiger charge is 1.96. The first-order valence-corrected chi connectivity index (χ1v) is 4.89. The van der Waals surface area contributed by atoms with Gasteiger partial charge in [-0.1, -0.05) is 24.3 Å². The van der Waals surface area contributed by atoms with E-state index < -0.39 is 0 Å². The van der Waals surface area contributed by atoms with Gasteiger partial charge >= 0.3 is 5.96 Å². The molecule has 0 spiro atoms. The van der Waals surface area contributed by atoms with Gasteiger partial charge in [0.25, 0.3) is 0 Å². The molecule has 6 nitrogen and oxygen atoms in total. The highest BCUT2D eigenvalue weighted by atomic mass is 15.0. The van der Waals surface area contributed by atoms with Gasteiger partial charge in [-0.05, 0) is 11.1 Å². The van der Waals surface area contributed by atoms with Crippen molar-refractivity contribution in [2.75, 3.05) is 0 Å². The molecule has 1 aromatic carbocycles. The first kappa shape index (κ1) is 12.0. The van der Waals surface area contributed by atoms with E-state index in [1.54, 1.807) is 0 Å². The van der Waals surface area contributed by atoms with Gasteiger partial charge in [0.1, 0.15) is 6.54 Å². The molecule has 1 aromatic rings. The van der Waals surface area contributed by atoms with Gasteiger partial charge < -0.3 is 11.5 Å². The summed E-state index contributed by atoms with van der Waals surface area (Å²) in [6, 6.07) is 7.94. The summed E-state index contributed by atoms with van der Waals surface area (Å²) in [4.78, 5) is 6.87. The fourth-order valence-electron chi connectivity index (χ4n) is 1.16. The summed E-state index contributed by atoms with van der Waals surface area (Å²) in [6.45, 7) is 1.16. The van der Waals surface area contributed by atoms with Crippen molar-refractivity contribution < 1.29 is 10.7 Å². The predicted octanol–water partition coefficient (Wildman–Crippen LogP) is -3.40. The lowest BCUT2D eigenvalue weighted by Gasteiger charge is -1.99. The molecule has 16 heavy (non-hydrogen) atoms. The Kier molecular flexibility index (Phi) is 4.28. The molecule has 0 bridgehead atoms. The molecule has 0 unspecified atom stereocenters. The van der Waals surface area contributed by atoms with Gasteiger partial charge in [-0.3, -0.25) is 5.73 Å². The maximum absolute atomic E-state index is 5.40. The summed E-state index contributed by atoms with van der Waals surface area (Å²) >= 11 is 0. The largest absolute Gasteiger partial charge is 0.434 e. The molecule has 0 fully saturated rings. The minimum absolute atomic E-state index is 0.102. The molecule has 0 radical (unpaired) electrons. The van der Waals surface area contributed by atoms with Crippen LogP contribution in [0.15, 0.2) is 29.3 Å². The Hall–Kier alpha value is -2.08. The average Bonchev–Trinajstić information content (AvgIpc) is 2.25. The second-order valence-electron chi connectivity index (χ2n) is 3.44. The smallest absolute Gasteiger partial charge is 0.370 e. The van der Waals surface area contributed by atoms with E-state index in [9.17, 15) is 0 Å². The SMILES string of the molecule is NC(N)=NCc1ccc(C[NH+]=C(N)[NH3+])cc1. The van der Waals surface area contributed by atoms with Crippen molar-refractivity contribution in [3.05, 3.63) is 35.4 Å². The molecule has 0 saturated carbocycles. The van der Waals surface area contributed by atoms with Crippen LogP contribution in [0.25, 0.3) is 0 Å².